The molecule has 1 amide bonds. The number of nitrogens with zero attached hydrogens (tertiary/aromatic N) is 2. The van der Waals surface area contributed by atoms with Gasteiger partial charge in [0, 0.05) is 18.1 Å². The predicted octanol–water partition coefficient (Wildman–Crippen LogP) is 2.07. The van der Waals surface area contributed by atoms with Gasteiger partial charge in [-0.15, -0.1) is 11.3 Å². The number of aromatic nitrogens is 1. The molecule has 0 saturated carbocycles. The second kappa shape index (κ2) is 5.14. The normalized spacial score (nSPS) is 20.7. The van der Waals surface area contributed by atoms with Crippen LogP contribution in [-0.4, -0.2) is 33.5 Å². The number of aliphatic hydroxyl groups excluding tert-OH is 1. The summed E-state index contributed by atoms with van der Waals surface area (Å²) in [7, 11) is 0. The average molecular weight is 278 g/mol. The van der Waals surface area contributed by atoms with Gasteiger partial charge in [0.1, 0.15) is 11.1 Å². The summed E-state index contributed by atoms with van der Waals surface area (Å²) in [4.78, 5) is 18.1. The molecular formula is C13H14N2O3S. The molecule has 0 unspecified atom stereocenters. The summed E-state index contributed by atoms with van der Waals surface area (Å²) in [6.45, 7) is 0.645. The number of thiazole rings is 1. The highest BCUT2D eigenvalue weighted by Gasteiger charge is 2.36. The van der Waals surface area contributed by atoms with Gasteiger partial charge in [-0.3, -0.25) is 4.79 Å². The molecule has 1 N–H and O–H groups in total. The van der Waals surface area contributed by atoms with Gasteiger partial charge in [0.05, 0.1) is 12.3 Å². The molecule has 2 aromatic rings. The first-order valence-electron chi connectivity index (χ1n) is 6.19. The van der Waals surface area contributed by atoms with E-state index in [0.29, 0.717) is 17.3 Å². The first kappa shape index (κ1) is 12.4. The van der Waals surface area contributed by atoms with E-state index in [-0.39, 0.29) is 11.9 Å². The zero-order chi connectivity index (χ0) is 13.2. The number of likely N-dealkylation sites (tertiary alicyclic amines) is 1. The number of hydrogen-bond acceptors (Lipinski definition) is 5. The fourth-order valence-electron chi connectivity index (χ4n) is 2.46. The molecule has 0 aromatic carbocycles. The SMILES string of the molecule is O=C(c1ccco1)N1CCC[C@@H]1[C@@H](O)c1nccs1. The van der Waals surface area contributed by atoms with Crippen molar-refractivity contribution in [2.45, 2.75) is 25.0 Å². The number of furan rings is 1. The number of carbonyl (C=O) groups excluding carboxylic acids is 1. The molecule has 0 aliphatic carbocycles. The molecule has 3 rings (SSSR count). The summed E-state index contributed by atoms with van der Waals surface area (Å²) in [5, 5.41) is 12.8. The standard InChI is InChI=1S/C13H14N2O3S/c16-11(12-14-5-8-19-12)9-3-1-6-15(9)13(17)10-4-2-7-18-10/h2,4-5,7-9,11,16H,1,3,6H2/t9-,11-/m1/s1. The van der Waals surface area contributed by atoms with Crippen LogP contribution in [0.2, 0.25) is 0 Å². The van der Waals surface area contributed by atoms with Gasteiger partial charge in [0.15, 0.2) is 5.76 Å². The minimum Gasteiger partial charge on any atom is -0.459 e. The molecule has 6 heteroatoms. The van der Waals surface area contributed by atoms with Crippen LogP contribution in [0.3, 0.4) is 0 Å². The Morgan fingerprint density at radius 1 is 1.63 bits per heavy atom. The van der Waals surface area contributed by atoms with Crippen molar-refractivity contribution in [3.05, 3.63) is 40.7 Å². The zero-order valence-corrected chi connectivity index (χ0v) is 11.0. The molecule has 19 heavy (non-hydrogen) atoms. The van der Waals surface area contributed by atoms with Crippen LogP contribution in [0.15, 0.2) is 34.4 Å². The molecule has 1 aliphatic heterocycles. The minimum atomic E-state index is -0.721. The predicted molar refractivity (Wildman–Crippen MR) is 69.8 cm³/mol. The van der Waals surface area contributed by atoms with Crippen molar-refractivity contribution in [2.24, 2.45) is 0 Å². The maximum atomic E-state index is 12.3. The molecular weight excluding hydrogens is 264 g/mol. The van der Waals surface area contributed by atoms with Crippen molar-refractivity contribution in [3.63, 3.8) is 0 Å². The van der Waals surface area contributed by atoms with Gasteiger partial charge < -0.3 is 14.4 Å². The van der Waals surface area contributed by atoms with Crippen molar-refractivity contribution in [3.8, 4) is 0 Å². The fraction of sp³-hybridized carbons (Fsp3) is 0.385. The monoisotopic (exact) mass is 278 g/mol. The van der Waals surface area contributed by atoms with E-state index in [1.165, 1.54) is 17.6 Å². The van der Waals surface area contributed by atoms with Crippen LogP contribution in [0.5, 0.6) is 0 Å². The Kier molecular flexibility index (Phi) is 3.35. The summed E-state index contributed by atoms with van der Waals surface area (Å²) >= 11 is 1.41. The second-order valence-corrected chi connectivity index (χ2v) is 5.43. The lowest BCUT2D eigenvalue weighted by Crippen LogP contribution is -2.39. The molecule has 100 valence electrons. The summed E-state index contributed by atoms with van der Waals surface area (Å²) in [5.74, 6) is 0.154. The smallest absolute Gasteiger partial charge is 0.289 e. The highest BCUT2D eigenvalue weighted by atomic mass is 32.1. The number of amides is 1. The van der Waals surface area contributed by atoms with E-state index in [2.05, 4.69) is 4.98 Å². The highest BCUT2D eigenvalue weighted by molar-refractivity contribution is 7.09. The van der Waals surface area contributed by atoms with Gasteiger partial charge in [0.2, 0.25) is 0 Å². The third-order valence-electron chi connectivity index (χ3n) is 3.36. The zero-order valence-electron chi connectivity index (χ0n) is 10.2. The molecule has 2 aromatic heterocycles. The largest absolute Gasteiger partial charge is 0.459 e. The second-order valence-electron chi connectivity index (χ2n) is 4.50. The Labute approximate surface area is 114 Å². The molecule has 1 saturated heterocycles. The topological polar surface area (TPSA) is 66.6 Å². The van der Waals surface area contributed by atoms with Crippen molar-refractivity contribution in [1.29, 1.82) is 0 Å². The Balaban J connectivity index is 1.80. The average Bonchev–Trinajstić information content (AvgIpc) is 3.16. The van der Waals surface area contributed by atoms with E-state index < -0.39 is 6.10 Å². The Morgan fingerprint density at radius 2 is 2.53 bits per heavy atom. The number of rotatable bonds is 3. The fourth-order valence-corrected chi connectivity index (χ4v) is 3.14. The van der Waals surface area contributed by atoms with Gasteiger partial charge >= 0.3 is 0 Å². The van der Waals surface area contributed by atoms with Crippen LogP contribution >= 0.6 is 11.3 Å². The van der Waals surface area contributed by atoms with Crippen molar-refractivity contribution >= 4 is 17.2 Å². The molecule has 3 heterocycles. The quantitative estimate of drug-likeness (QED) is 0.933. The van der Waals surface area contributed by atoms with Crippen LogP contribution < -0.4 is 0 Å². The van der Waals surface area contributed by atoms with E-state index in [1.54, 1.807) is 23.2 Å². The Morgan fingerprint density at radius 3 is 3.21 bits per heavy atom. The maximum absolute atomic E-state index is 12.3. The summed E-state index contributed by atoms with van der Waals surface area (Å²) in [5.41, 5.74) is 0. The summed E-state index contributed by atoms with van der Waals surface area (Å²) in [6, 6.07) is 3.12. The number of hydrogen-bond donors (Lipinski definition) is 1. The lowest BCUT2D eigenvalue weighted by Gasteiger charge is -2.26. The van der Waals surface area contributed by atoms with E-state index in [9.17, 15) is 9.90 Å². The lowest BCUT2D eigenvalue weighted by molar-refractivity contribution is 0.0460. The molecule has 1 aliphatic rings. The molecule has 0 bridgehead atoms. The van der Waals surface area contributed by atoms with Crippen LogP contribution in [0, 0.1) is 0 Å². The van der Waals surface area contributed by atoms with Gasteiger partial charge in [-0.2, -0.15) is 0 Å². The number of aliphatic hydroxyl groups is 1. The Bertz CT molecular complexity index is 538. The highest BCUT2D eigenvalue weighted by Crippen LogP contribution is 2.31. The molecule has 2 atom stereocenters. The van der Waals surface area contributed by atoms with E-state index >= 15 is 0 Å². The summed E-state index contributed by atoms with van der Waals surface area (Å²) in [6.07, 6.45) is 4.10. The van der Waals surface area contributed by atoms with Gasteiger partial charge in [-0.1, -0.05) is 0 Å². The van der Waals surface area contributed by atoms with Crippen LogP contribution in [0.4, 0.5) is 0 Å². The van der Waals surface area contributed by atoms with Gasteiger partial charge in [0.25, 0.3) is 5.91 Å². The Hall–Kier alpha value is -1.66. The van der Waals surface area contributed by atoms with Crippen LogP contribution in [0.25, 0.3) is 0 Å². The van der Waals surface area contributed by atoms with Gasteiger partial charge in [-0.25, -0.2) is 4.98 Å². The van der Waals surface area contributed by atoms with E-state index in [4.69, 9.17) is 4.42 Å². The summed E-state index contributed by atoms with van der Waals surface area (Å²) < 4.78 is 5.14. The van der Waals surface area contributed by atoms with Crippen molar-refractivity contribution in [1.82, 2.24) is 9.88 Å². The third kappa shape index (κ3) is 2.29. The molecule has 0 radical (unpaired) electrons. The van der Waals surface area contributed by atoms with Crippen molar-refractivity contribution in [2.75, 3.05) is 6.54 Å². The van der Waals surface area contributed by atoms with E-state index in [0.717, 1.165) is 12.8 Å². The third-order valence-corrected chi connectivity index (χ3v) is 4.21. The van der Waals surface area contributed by atoms with E-state index in [1.807, 2.05) is 5.38 Å². The van der Waals surface area contributed by atoms with Crippen LogP contribution in [0.1, 0.15) is 34.5 Å². The molecule has 5 nitrogen and oxygen atoms in total. The number of carbonyl (C=O) groups is 1. The lowest BCUT2D eigenvalue weighted by atomic mass is 10.1. The maximum Gasteiger partial charge on any atom is 0.289 e. The van der Waals surface area contributed by atoms with Gasteiger partial charge in [-0.05, 0) is 25.0 Å². The molecule has 1 fully saturated rings. The van der Waals surface area contributed by atoms with Crippen LogP contribution in [-0.2, 0) is 0 Å². The molecule has 0 spiro atoms. The van der Waals surface area contributed by atoms with Crippen molar-refractivity contribution < 1.29 is 14.3 Å². The minimum absolute atomic E-state index is 0.164. The first-order valence-corrected chi connectivity index (χ1v) is 7.07. The first-order chi connectivity index (χ1) is 9.27.